The van der Waals surface area contributed by atoms with Gasteiger partial charge in [-0.3, -0.25) is 0 Å². The fourth-order valence-electron chi connectivity index (χ4n) is 1.61. The molecule has 0 aliphatic heterocycles. The Hall–Kier alpha value is -1.96. The van der Waals surface area contributed by atoms with Gasteiger partial charge in [0.2, 0.25) is 0 Å². The molecule has 14 heavy (non-hydrogen) atoms. The predicted octanol–water partition coefficient (Wildman–Crippen LogP) is 3.03. The van der Waals surface area contributed by atoms with Crippen molar-refractivity contribution in [3.63, 3.8) is 0 Å². The van der Waals surface area contributed by atoms with Crippen LogP contribution in [0.25, 0.3) is 21.8 Å². The number of H-pyrrole nitrogens is 1. The molecular weight excluding hydrogens is 174 g/mol. The summed E-state index contributed by atoms with van der Waals surface area (Å²) >= 11 is 0. The van der Waals surface area contributed by atoms with Crippen LogP contribution in [0.15, 0.2) is 42.4 Å². The van der Waals surface area contributed by atoms with E-state index in [2.05, 4.69) is 4.98 Å². The third-order valence-electron chi connectivity index (χ3n) is 2.23. The molecule has 0 aliphatic rings. The van der Waals surface area contributed by atoms with Gasteiger partial charge in [-0.25, -0.2) is 0 Å². The van der Waals surface area contributed by atoms with Gasteiger partial charge in [0.15, 0.2) is 0 Å². The monoisotopic (exact) mass is 187 g/mol. The molecule has 1 heterocycles. The molecule has 2 heteroatoms. The summed E-state index contributed by atoms with van der Waals surface area (Å²) in [6.45, 7) is 0. The number of phenolic OH excluding ortho intramolecular Hbond substituents is 1. The van der Waals surface area contributed by atoms with E-state index in [-0.39, 0.29) is 29.9 Å². The number of hydrogen-bond acceptors (Lipinski definition) is 1. The van der Waals surface area contributed by atoms with E-state index >= 15 is 0 Å². The number of phenols is 1. The molecule has 2 N–H and O–H groups in total. The normalized spacial score (nSPS) is 15.1. The molecule has 0 saturated heterocycles. The van der Waals surface area contributed by atoms with Crippen molar-refractivity contribution in [3.8, 4) is 5.75 Å². The molecule has 0 amide bonds. The molecule has 3 rings (SSSR count). The van der Waals surface area contributed by atoms with Gasteiger partial charge in [0.05, 0.1) is 11.0 Å². The molecule has 0 bridgehead atoms. The second-order valence-electron chi connectivity index (χ2n) is 3.04. The van der Waals surface area contributed by atoms with E-state index in [4.69, 9.17) is 5.48 Å². The van der Waals surface area contributed by atoms with Crippen LogP contribution in [0.5, 0.6) is 5.75 Å². The van der Waals surface area contributed by atoms with Crippen LogP contribution < -0.4 is 0 Å². The van der Waals surface area contributed by atoms with Crippen LogP contribution in [0.2, 0.25) is 0 Å². The molecule has 0 saturated carbocycles. The maximum atomic E-state index is 9.94. The Morgan fingerprint density at radius 3 is 2.93 bits per heavy atom. The van der Waals surface area contributed by atoms with Crippen LogP contribution in [-0.2, 0) is 0 Å². The lowest BCUT2D eigenvalue weighted by Crippen LogP contribution is -1.67. The summed E-state index contributed by atoms with van der Waals surface area (Å²) in [5, 5.41) is 10.8. The maximum Gasteiger partial charge on any atom is 0.125 e. The number of aromatic amines is 1. The van der Waals surface area contributed by atoms with Gasteiger partial charge in [0, 0.05) is 16.3 Å². The quantitative estimate of drug-likeness (QED) is 0.557. The van der Waals surface area contributed by atoms with E-state index in [1.165, 1.54) is 18.2 Å². The summed E-state index contributed by atoms with van der Waals surface area (Å²) < 4.78 is 30.8. The summed E-state index contributed by atoms with van der Waals surface area (Å²) in [4.78, 5) is 2.91. The summed E-state index contributed by atoms with van der Waals surface area (Å²) in [6.07, 6.45) is 0. The van der Waals surface area contributed by atoms with E-state index in [0.717, 1.165) is 0 Å². The zero-order valence-electron chi connectivity index (χ0n) is 11.2. The van der Waals surface area contributed by atoms with Crippen LogP contribution >= 0.6 is 0 Å². The van der Waals surface area contributed by atoms with Crippen molar-refractivity contribution in [3.05, 3.63) is 42.4 Å². The molecular formula is C12H9NO. The van der Waals surface area contributed by atoms with Crippen LogP contribution in [0.4, 0.5) is 0 Å². The molecule has 3 aromatic rings. The van der Waals surface area contributed by atoms with Gasteiger partial charge in [-0.15, -0.1) is 0 Å². The first kappa shape index (κ1) is 4.51. The number of aromatic hydroxyl groups is 1. The minimum absolute atomic E-state index is 0.0925. The second kappa shape index (κ2) is 2.51. The van der Waals surface area contributed by atoms with Crippen molar-refractivity contribution < 1.29 is 10.6 Å². The van der Waals surface area contributed by atoms with E-state index in [0.29, 0.717) is 21.8 Å². The lowest BCUT2D eigenvalue weighted by atomic mass is 10.1. The number of fused-ring (bicyclic) bond motifs is 3. The Morgan fingerprint density at radius 2 is 2.00 bits per heavy atom. The summed E-state index contributed by atoms with van der Waals surface area (Å²) in [5.74, 6) is -0.225. The average molecular weight is 187 g/mol. The average Bonchev–Trinajstić information content (AvgIpc) is 2.66. The predicted molar refractivity (Wildman–Crippen MR) is 57.5 cm³/mol. The highest BCUT2D eigenvalue weighted by atomic mass is 16.3. The first-order valence-electron chi connectivity index (χ1n) is 6.21. The topological polar surface area (TPSA) is 36.0 Å². The lowest BCUT2D eigenvalue weighted by Gasteiger charge is -1.93. The molecule has 68 valence electrons. The number of nitrogens with one attached hydrogen (secondary N) is 1. The van der Waals surface area contributed by atoms with Gasteiger partial charge >= 0.3 is 0 Å². The van der Waals surface area contributed by atoms with E-state index in [9.17, 15) is 5.11 Å². The number of hydrogen-bond donors (Lipinski definition) is 2. The molecule has 0 radical (unpaired) electrons. The fraction of sp³-hybridized carbons (Fsp3) is 0. The minimum atomic E-state index is -0.225. The standard InChI is InChI=1S/C12H9NO/c14-11-7-3-6-10-12(11)8-4-1-2-5-9(8)13-10/h1-7,13-14H/i1D,5D,6D,7D. The van der Waals surface area contributed by atoms with Gasteiger partial charge in [0.1, 0.15) is 5.75 Å². The molecule has 0 aliphatic carbocycles. The number of aromatic nitrogens is 1. The van der Waals surface area contributed by atoms with Crippen molar-refractivity contribution in [2.75, 3.05) is 0 Å². The Kier molecular flexibility index (Phi) is 0.810. The highest BCUT2D eigenvalue weighted by Crippen LogP contribution is 2.31. The number of para-hydroxylation sites is 1. The zero-order valence-corrected chi connectivity index (χ0v) is 7.18. The largest absolute Gasteiger partial charge is 0.507 e. The van der Waals surface area contributed by atoms with Gasteiger partial charge in [-0.05, 0) is 18.1 Å². The van der Waals surface area contributed by atoms with Gasteiger partial charge in [-0.2, -0.15) is 0 Å². The van der Waals surface area contributed by atoms with Crippen LogP contribution in [0.3, 0.4) is 0 Å². The smallest absolute Gasteiger partial charge is 0.125 e. The number of benzene rings is 2. The van der Waals surface area contributed by atoms with E-state index < -0.39 is 0 Å². The second-order valence-corrected chi connectivity index (χ2v) is 3.04. The van der Waals surface area contributed by atoms with E-state index in [1.807, 2.05) is 0 Å². The summed E-state index contributed by atoms with van der Waals surface area (Å²) in [7, 11) is 0. The molecule has 1 aromatic heterocycles. The van der Waals surface area contributed by atoms with Crippen molar-refractivity contribution in [2.24, 2.45) is 0 Å². The Labute approximate surface area is 86.4 Å². The number of rotatable bonds is 0. The molecule has 0 atom stereocenters. The SMILES string of the molecule is [2H]c1cc([2H])c2[nH]c3c([2H])cc([2H])c(O)c3c2c1. The molecule has 0 fully saturated rings. The summed E-state index contributed by atoms with van der Waals surface area (Å²) in [6, 6.07) is 4.42. The fourth-order valence-corrected chi connectivity index (χ4v) is 1.61. The van der Waals surface area contributed by atoms with Crippen LogP contribution in [0.1, 0.15) is 5.48 Å². The first-order valence-corrected chi connectivity index (χ1v) is 4.21. The molecule has 2 aromatic carbocycles. The lowest BCUT2D eigenvalue weighted by molar-refractivity contribution is 0.482. The van der Waals surface area contributed by atoms with E-state index in [1.54, 1.807) is 0 Å². The van der Waals surface area contributed by atoms with Gasteiger partial charge in [0.25, 0.3) is 0 Å². The van der Waals surface area contributed by atoms with Crippen molar-refractivity contribution in [1.82, 2.24) is 4.98 Å². The minimum Gasteiger partial charge on any atom is -0.507 e. The zero-order chi connectivity index (χ0) is 13.0. The molecule has 2 nitrogen and oxygen atoms in total. The Morgan fingerprint density at radius 1 is 1.14 bits per heavy atom. The highest BCUT2D eigenvalue weighted by molar-refractivity contribution is 6.10. The van der Waals surface area contributed by atoms with Crippen molar-refractivity contribution >= 4 is 21.8 Å². The van der Waals surface area contributed by atoms with Gasteiger partial charge < -0.3 is 10.1 Å². The third kappa shape index (κ3) is 0.852. The van der Waals surface area contributed by atoms with Gasteiger partial charge in [-0.1, -0.05) is 24.2 Å². The Bertz CT molecular complexity index is 794. The van der Waals surface area contributed by atoms with Crippen molar-refractivity contribution in [1.29, 1.82) is 0 Å². The summed E-state index contributed by atoms with van der Waals surface area (Å²) in [5.41, 5.74) is 0.855. The van der Waals surface area contributed by atoms with Crippen molar-refractivity contribution in [2.45, 2.75) is 0 Å². The third-order valence-corrected chi connectivity index (χ3v) is 2.23. The molecule has 0 unspecified atom stereocenters. The van der Waals surface area contributed by atoms with Crippen LogP contribution in [-0.4, -0.2) is 10.1 Å². The first-order chi connectivity index (χ1) is 8.49. The molecule has 0 spiro atoms. The van der Waals surface area contributed by atoms with Crippen LogP contribution in [0, 0.1) is 0 Å². The Balaban J connectivity index is 2.65. The maximum absolute atomic E-state index is 9.94. The highest BCUT2D eigenvalue weighted by Gasteiger charge is 2.05.